The number of ketones is 1. The minimum Gasteiger partial charge on any atom is -0.500 e. The van der Waals surface area contributed by atoms with E-state index in [0.29, 0.717) is 6.61 Å². The van der Waals surface area contributed by atoms with Crippen LogP contribution >= 0.6 is 0 Å². The first-order chi connectivity index (χ1) is 7.86. The third-order valence-electron chi connectivity index (χ3n) is 3.48. The molecule has 1 aliphatic heterocycles. The molecule has 16 heavy (non-hydrogen) atoms. The summed E-state index contributed by atoms with van der Waals surface area (Å²) in [4.78, 5) is 12.3. The lowest BCUT2D eigenvalue weighted by atomic mass is 9.92. The van der Waals surface area contributed by atoms with Gasteiger partial charge in [-0.25, -0.2) is 0 Å². The zero-order valence-electron chi connectivity index (χ0n) is 9.11. The number of rotatable bonds is 2. The van der Waals surface area contributed by atoms with E-state index in [-0.39, 0.29) is 11.7 Å². The quantitative estimate of drug-likeness (QED) is 0.756. The molecule has 0 saturated heterocycles. The smallest absolute Gasteiger partial charge is 0.169 e. The summed E-state index contributed by atoms with van der Waals surface area (Å²) >= 11 is 0. The normalized spacial score (nSPS) is 22.5. The van der Waals surface area contributed by atoms with Gasteiger partial charge in [-0.15, -0.1) is 0 Å². The Labute approximate surface area is 94.9 Å². The number of Topliss-reactive ketones (excluding diaryl/α,β-unsaturated/α-hetero) is 1. The first kappa shape index (κ1) is 9.64. The van der Waals surface area contributed by atoms with Crippen LogP contribution in [0.1, 0.15) is 29.9 Å². The van der Waals surface area contributed by atoms with E-state index in [0.717, 1.165) is 24.8 Å². The zero-order valence-corrected chi connectivity index (χ0v) is 9.11. The second kappa shape index (κ2) is 3.78. The van der Waals surface area contributed by atoms with Crippen molar-refractivity contribution in [1.29, 1.82) is 0 Å². The van der Waals surface area contributed by atoms with Gasteiger partial charge in [-0.05, 0) is 24.0 Å². The monoisotopic (exact) mass is 214 g/mol. The maximum Gasteiger partial charge on any atom is 0.169 e. The molecular formula is C14H14O2. The molecule has 0 amide bonds. The molecule has 1 atom stereocenters. The van der Waals surface area contributed by atoms with E-state index in [1.54, 1.807) is 6.26 Å². The molecule has 82 valence electrons. The van der Waals surface area contributed by atoms with Crippen LogP contribution in [0.4, 0.5) is 0 Å². The fraction of sp³-hybridized carbons (Fsp3) is 0.357. The van der Waals surface area contributed by atoms with Crippen molar-refractivity contribution >= 4 is 5.78 Å². The van der Waals surface area contributed by atoms with Gasteiger partial charge in [0.2, 0.25) is 0 Å². The summed E-state index contributed by atoms with van der Waals surface area (Å²) in [7, 11) is 0. The van der Waals surface area contributed by atoms with Gasteiger partial charge in [0.1, 0.15) is 0 Å². The van der Waals surface area contributed by atoms with Crippen molar-refractivity contribution in [3.63, 3.8) is 0 Å². The molecule has 0 radical (unpaired) electrons. The molecule has 1 aliphatic carbocycles. The van der Waals surface area contributed by atoms with Crippen molar-refractivity contribution < 1.29 is 9.53 Å². The molecule has 1 unspecified atom stereocenters. The molecule has 1 aromatic carbocycles. The highest BCUT2D eigenvalue weighted by atomic mass is 16.5. The molecule has 2 aliphatic rings. The Bertz CT molecular complexity index is 460. The third-order valence-corrected chi connectivity index (χ3v) is 3.48. The minimum absolute atomic E-state index is 0.0733. The van der Waals surface area contributed by atoms with Crippen LogP contribution in [0.2, 0.25) is 0 Å². The van der Waals surface area contributed by atoms with Gasteiger partial charge in [0.05, 0.1) is 12.9 Å². The van der Waals surface area contributed by atoms with Crippen LogP contribution in [0.25, 0.3) is 0 Å². The van der Waals surface area contributed by atoms with Crippen LogP contribution in [-0.2, 0) is 16.0 Å². The van der Waals surface area contributed by atoms with E-state index in [2.05, 4.69) is 12.1 Å². The Morgan fingerprint density at radius 3 is 2.94 bits per heavy atom. The Hall–Kier alpha value is -1.57. The van der Waals surface area contributed by atoms with Gasteiger partial charge in [0, 0.05) is 17.9 Å². The topological polar surface area (TPSA) is 26.3 Å². The average molecular weight is 214 g/mol. The van der Waals surface area contributed by atoms with Crippen LogP contribution < -0.4 is 0 Å². The van der Waals surface area contributed by atoms with Crippen molar-refractivity contribution in [1.82, 2.24) is 0 Å². The number of aryl methyl sites for hydroxylation is 1. The molecule has 1 aromatic rings. The molecule has 0 bridgehead atoms. The number of hydrogen-bond donors (Lipinski definition) is 0. The fourth-order valence-electron chi connectivity index (χ4n) is 2.62. The van der Waals surface area contributed by atoms with E-state index in [4.69, 9.17) is 4.74 Å². The first-order valence-corrected chi connectivity index (χ1v) is 5.79. The highest BCUT2D eigenvalue weighted by Crippen LogP contribution is 2.36. The van der Waals surface area contributed by atoms with Crippen molar-refractivity contribution in [3.05, 3.63) is 47.2 Å². The van der Waals surface area contributed by atoms with Gasteiger partial charge in [-0.1, -0.05) is 24.3 Å². The Morgan fingerprint density at radius 1 is 1.25 bits per heavy atom. The summed E-state index contributed by atoms with van der Waals surface area (Å²) in [6, 6.07) is 8.27. The summed E-state index contributed by atoms with van der Waals surface area (Å²) in [5, 5.41) is 0. The predicted molar refractivity (Wildman–Crippen MR) is 61.2 cm³/mol. The summed E-state index contributed by atoms with van der Waals surface area (Å²) in [6.45, 7) is 0.662. The van der Waals surface area contributed by atoms with E-state index >= 15 is 0 Å². The highest BCUT2D eigenvalue weighted by Gasteiger charge is 2.30. The molecular weight excluding hydrogens is 200 g/mol. The van der Waals surface area contributed by atoms with Gasteiger partial charge >= 0.3 is 0 Å². The van der Waals surface area contributed by atoms with Crippen molar-refractivity contribution in [2.45, 2.75) is 25.2 Å². The molecule has 0 N–H and O–H groups in total. The lowest BCUT2D eigenvalue weighted by molar-refractivity contribution is -0.117. The minimum atomic E-state index is 0.0733. The molecule has 1 heterocycles. The number of hydrogen-bond acceptors (Lipinski definition) is 2. The number of ether oxygens (including phenoxy) is 1. The van der Waals surface area contributed by atoms with Crippen LogP contribution in [0.15, 0.2) is 36.1 Å². The molecule has 0 fully saturated rings. The second-order valence-corrected chi connectivity index (χ2v) is 4.42. The summed E-state index contributed by atoms with van der Waals surface area (Å²) in [5.74, 6) is 0.339. The van der Waals surface area contributed by atoms with Gasteiger partial charge in [-0.2, -0.15) is 0 Å². The molecule has 2 nitrogen and oxygen atoms in total. The summed E-state index contributed by atoms with van der Waals surface area (Å²) in [5.41, 5.74) is 3.42. The largest absolute Gasteiger partial charge is 0.500 e. The van der Waals surface area contributed by atoms with E-state index < -0.39 is 0 Å². The van der Waals surface area contributed by atoms with Crippen LogP contribution in [0, 0.1) is 0 Å². The van der Waals surface area contributed by atoms with Gasteiger partial charge < -0.3 is 4.74 Å². The maximum absolute atomic E-state index is 12.3. The maximum atomic E-state index is 12.3. The predicted octanol–water partition coefficient (Wildman–Crippen LogP) is 2.59. The Kier molecular flexibility index (Phi) is 2.28. The summed E-state index contributed by atoms with van der Waals surface area (Å²) in [6.07, 6.45) is 4.40. The molecule has 0 saturated carbocycles. The lowest BCUT2D eigenvalue weighted by Crippen LogP contribution is -2.11. The lowest BCUT2D eigenvalue weighted by Gasteiger charge is -2.09. The second-order valence-electron chi connectivity index (χ2n) is 4.42. The Morgan fingerprint density at radius 2 is 2.12 bits per heavy atom. The van der Waals surface area contributed by atoms with E-state index in [1.165, 1.54) is 11.1 Å². The van der Waals surface area contributed by atoms with Gasteiger partial charge in [0.25, 0.3) is 0 Å². The molecule has 2 heteroatoms. The molecule has 0 spiro atoms. The number of carbonyl (C=O) groups is 1. The average Bonchev–Trinajstić information content (AvgIpc) is 2.98. The van der Waals surface area contributed by atoms with Crippen molar-refractivity contribution in [3.8, 4) is 0 Å². The number of fused-ring (bicyclic) bond motifs is 1. The number of benzene rings is 1. The van der Waals surface area contributed by atoms with Gasteiger partial charge in [-0.3, -0.25) is 4.79 Å². The van der Waals surface area contributed by atoms with Gasteiger partial charge in [0.15, 0.2) is 5.78 Å². The van der Waals surface area contributed by atoms with Crippen LogP contribution in [0.3, 0.4) is 0 Å². The first-order valence-electron chi connectivity index (χ1n) is 5.79. The van der Waals surface area contributed by atoms with Crippen LogP contribution in [-0.4, -0.2) is 12.4 Å². The van der Waals surface area contributed by atoms with Crippen LogP contribution in [0.5, 0.6) is 0 Å². The molecule has 0 aromatic heterocycles. The Balaban J connectivity index is 1.90. The zero-order chi connectivity index (χ0) is 11.0. The molecule has 3 rings (SSSR count). The van der Waals surface area contributed by atoms with Crippen molar-refractivity contribution in [2.75, 3.05) is 6.61 Å². The van der Waals surface area contributed by atoms with Crippen molar-refractivity contribution in [2.24, 2.45) is 0 Å². The third kappa shape index (κ3) is 1.45. The fourth-order valence-corrected chi connectivity index (χ4v) is 2.62. The van der Waals surface area contributed by atoms with E-state index in [9.17, 15) is 4.79 Å². The van der Waals surface area contributed by atoms with E-state index in [1.807, 2.05) is 12.1 Å². The summed E-state index contributed by atoms with van der Waals surface area (Å²) < 4.78 is 5.14. The standard InChI is InChI=1S/C14H14O2/c15-14(11-7-8-16-9-11)13-6-5-10-3-1-2-4-12(10)13/h1-4,9,13H,5-8H2. The number of carbonyl (C=O) groups excluding carboxylic acids is 1. The SMILES string of the molecule is O=C(C1=COCC1)C1CCc2ccccc21. The highest BCUT2D eigenvalue weighted by molar-refractivity contribution is 6.01.